The van der Waals surface area contributed by atoms with Gasteiger partial charge in [0.15, 0.2) is 0 Å². The number of aliphatic hydroxyl groups excluding tert-OH is 1. The van der Waals surface area contributed by atoms with Gasteiger partial charge in [-0.15, -0.1) is 0 Å². The zero-order valence-corrected chi connectivity index (χ0v) is 16.1. The second kappa shape index (κ2) is 6.72. The summed E-state index contributed by atoms with van der Waals surface area (Å²) >= 11 is 0. The Kier molecular flexibility index (Phi) is 5.19. The van der Waals surface area contributed by atoms with E-state index in [1.165, 1.54) is 0 Å². The molecule has 0 spiro atoms. The Bertz CT molecular complexity index is 762. The van der Waals surface area contributed by atoms with E-state index in [-0.39, 0.29) is 28.9 Å². The zero-order valence-electron chi connectivity index (χ0n) is 16.1. The minimum atomic E-state index is -0.212. The molecule has 136 valence electrons. The van der Waals surface area contributed by atoms with Gasteiger partial charge < -0.3 is 15.3 Å². The lowest BCUT2D eigenvalue weighted by Gasteiger charge is -2.23. The van der Waals surface area contributed by atoms with Gasteiger partial charge in [0.25, 0.3) is 0 Å². The van der Waals surface area contributed by atoms with E-state index < -0.39 is 0 Å². The van der Waals surface area contributed by atoms with Gasteiger partial charge in [-0.1, -0.05) is 59.7 Å². The third-order valence-electron chi connectivity index (χ3n) is 4.63. The maximum Gasteiger partial charge on any atom is 0.124 e. The summed E-state index contributed by atoms with van der Waals surface area (Å²) in [6.07, 6.45) is 0.415. The number of aliphatic hydroxyl groups is 1. The first-order valence-electron chi connectivity index (χ1n) is 8.72. The quantitative estimate of drug-likeness (QED) is 0.752. The molecule has 0 aliphatic rings. The summed E-state index contributed by atoms with van der Waals surface area (Å²) in [5.41, 5.74) is 4.09. The van der Waals surface area contributed by atoms with Crippen LogP contribution in [0.15, 0.2) is 30.3 Å². The topological polar surface area (TPSA) is 60.7 Å². The molecule has 0 fully saturated rings. The second-order valence-electron chi connectivity index (χ2n) is 8.82. The van der Waals surface area contributed by atoms with Crippen LogP contribution in [-0.4, -0.2) is 15.3 Å². The van der Waals surface area contributed by atoms with Crippen molar-refractivity contribution < 1.29 is 15.3 Å². The summed E-state index contributed by atoms with van der Waals surface area (Å²) in [6, 6.07) is 9.47. The first-order valence-corrected chi connectivity index (χ1v) is 8.72. The second-order valence-corrected chi connectivity index (χ2v) is 8.82. The van der Waals surface area contributed by atoms with Gasteiger partial charge >= 0.3 is 0 Å². The van der Waals surface area contributed by atoms with Gasteiger partial charge in [-0.05, 0) is 45.2 Å². The molecule has 2 aromatic carbocycles. The number of hydrogen-bond donors (Lipinski definition) is 3. The fraction of sp³-hybridized carbons (Fsp3) is 0.455. The largest absolute Gasteiger partial charge is 0.508 e. The fourth-order valence-electron chi connectivity index (χ4n) is 2.85. The lowest BCUT2D eigenvalue weighted by Crippen LogP contribution is -2.13. The Hall–Kier alpha value is -2.00. The van der Waals surface area contributed by atoms with Crippen molar-refractivity contribution in [1.29, 1.82) is 0 Å². The van der Waals surface area contributed by atoms with Crippen molar-refractivity contribution >= 4 is 0 Å². The maximum atomic E-state index is 10.5. The molecule has 0 saturated heterocycles. The van der Waals surface area contributed by atoms with E-state index in [9.17, 15) is 15.3 Å². The molecule has 0 atom stereocenters. The van der Waals surface area contributed by atoms with E-state index in [0.717, 1.165) is 22.3 Å². The minimum Gasteiger partial charge on any atom is -0.508 e. The highest BCUT2D eigenvalue weighted by Crippen LogP contribution is 2.35. The Labute approximate surface area is 151 Å². The Morgan fingerprint density at radius 3 is 1.76 bits per heavy atom. The first-order chi connectivity index (χ1) is 11.4. The predicted molar refractivity (Wildman–Crippen MR) is 102 cm³/mol. The smallest absolute Gasteiger partial charge is 0.124 e. The Balaban J connectivity index is 2.53. The van der Waals surface area contributed by atoms with Crippen LogP contribution >= 0.6 is 0 Å². The summed E-state index contributed by atoms with van der Waals surface area (Å²) in [7, 11) is 0. The van der Waals surface area contributed by atoms with E-state index in [2.05, 4.69) is 41.5 Å². The van der Waals surface area contributed by atoms with Gasteiger partial charge in [0.1, 0.15) is 11.5 Å². The average Bonchev–Trinajstić information content (AvgIpc) is 2.49. The molecule has 0 aliphatic carbocycles. The minimum absolute atomic E-state index is 0.0198. The van der Waals surface area contributed by atoms with Crippen molar-refractivity contribution in [2.45, 2.75) is 65.4 Å². The molecular formula is C22H30O3. The molecule has 0 unspecified atom stereocenters. The van der Waals surface area contributed by atoms with E-state index in [1.54, 1.807) is 6.07 Å². The molecule has 3 heteroatoms. The van der Waals surface area contributed by atoms with Crippen LogP contribution in [0, 0.1) is 0 Å². The maximum absolute atomic E-state index is 10.5. The summed E-state index contributed by atoms with van der Waals surface area (Å²) < 4.78 is 0. The van der Waals surface area contributed by atoms with Gasteiger partial charge in [-0.2, -0.15) is 0 Å². The standard InChI is InChI=1S/C22H30O3/c1-21(2,3)17-7-8-19(24)14(10-17)9-15-11-18(22(4,5)6)12-16(13-23)20(15)25/h7-8,10-12,23-25H,9,13H2,1-6H3. The van der Waals surface area contributed by atoms with E-state index in [0.29, 0.717) is 12.0 Å². The van der Waals surface area contributed by atoms with Gasteiger partial charge in [0.2, 0.25) is 0 Å². The molecule has 0 heterocycles. The molecule has 0 aliphatic heterocycles. The predicted octanol–water partition coefficient (Wildman–Crippen LogP) is 4.78. The molecule has 3 nitrogen and oxygen atoms in total. The lowest BCUT2D eigenvalue weighted by molar-refractivity contribution is 0.275. The number of rotatable bonds is 3. The average molecular weight is 342 g/mol. The van der Waals surface area contributed by atoms with Crippen LogP contribution < -0.4 is 0 Å². The SMILES string of the molecule is CC(C)(C)c1ccc(O)c(Cc2cc(C(C)(C)C)cc(CO)c2O)c1. The number of phenolic OH excluding ortho intramolecular Hbond substituents is 1. The Morgan fingerprint density at radius 1 is 0.720 bits per heavy atom. The Morgan fingerprint density at radius 2 is 1.24 bits per heavy atom. The van der Waals surface area contributed by atoms with Crippen LogP contribution in [0.1, 0.15) is 69.4 Å². The van der Waals surface area contributed by atoms with Gasteiger partial charge in [-0.25, -0.2) is 0 Å². The van der Waals surface area contributed by atoms with Crippen molar-refractivity contribution in [1.82, 2.24) is 0 Å². The highest BCUT2D eigenvalue weighted by molar-refractivity contribution is 5.50. The van der Waals surface area contributed by atoms with Gasteiger partial charge in [-0.3, -0.25) is 0 Å². The lowest BCUT2D eigenvalue weighted by atomic mass is 9.83. The van der Waals surface area contributed by atoms with Crippen molar-refractivity contribution in [3.8, 4) is 11.5 Å². The van der Waals surface area contributed by atoms with Gasteiger partial charge in [0, 0.05) is 12.0 Å². The number of benzene rings is 2. The third-order valence-corrected chi connectivity index (χ3v) is 4.63. The molecule has 0 amide bonds. The summed E-state index contributed by atoms with van der Waals surface area (Å²) in [6.45, 7) is 12.5. The van der Waals surface area contributed by atoms with E-state index >= 15 is 0 Å². The summed E-state index contributed by atoms with van der Waals surface area (Å²) in [4.78, 5) is 0. The fourth-order valence-corrected chi connectivity index (χ4v) is 2.85. The molecule has 2 aromatic rings. The summed E-state index contributed by atoms with van der Waals surface area (Å²) in [5.74, 6) is 0.329. The molecule has 0 aromatic heterocycles. The molecule has 0 radical (unpaired) electrons. The van der Waals surface area contributed by atoms with Crippen LogP contribution in [0.25, 0.3) is 0 Å². The summed E-state index contributed by atoms with van der Waals surface area (Å²) in [5, 5.41) is 30.4. The molecule has 3 N–H and O–H groups in total. The zero-order chi connectivity index (χ0) is 19.0. The number of hydrogen-bond acceptors (Lipinski definition) is 3. The van der Waals surface area contributed by atoms with Crippen LogP contribution in [0.4, 0.5) is 0 Å². The molecule has 0 bridgehead atoms. The molecule has 0 saturated carbocycles. The highest BCUT2D eigenvalue weighted by Gasteiger charge is 2.20. The van der Waals surface area contributed by atoms with E-state index in [4.69, 9.17) is 0 Å². The van der Waals surface area contributed by atoms with Crippen LogP contribution in [0.3, 0.4) is 0 Å². The van der Waals surface area contributed by atoms with Crippen LogP contribution in [0.2, 0.25) is 0 Å². The molecule has 2 rings (SSSR count). The van der Waals surface area contributed by atoms with Crippen molar-refractivity contribution in [2.24, 2.45) is 0 Å². The van der Waals surface area contributed by atoms with Crippen molar-refractivity contribution in [3.63, 3.8) is 0 Å². The van der Waals surface area contributed by atoms with Crippen molar-refractivity contribution in [2.75, 3.05) is 0 Å². The molecule has 25 heavy (non-hydrogen) atoms. The first kappa shape index (κ1) is 19.3. The highest BCUT2D eigenvalue weighted by atomic mass is 16.3. The van der Waals surface area contributed by atoms with Crippen LogP contribution in [0.5, 0.6) is 11.5 Å². The molecular weight excluding hydrogens is 312 g/mol. The normalized spacial score (nSPS) is 12.4. The van der Waals surface area contributed by atoms with Crippen LogP contribution in [-0.2, 0) is 23.9 Å². The van der Waals surface area contributed by atoms with E-state index in [1.807, 2.05) is 24.3 Å². The number of phenols is 2. The van der Waals surface area contributed by atoms with Crippen molar-refractivity contribution in [3.05, 3.63) is 58.1 Å². The number of aromatic hydroxyl groups is 2. The van der Waals surface area contributed by atoms with Gasteiger partial charge in [0.05, 0.1) is 6.61 Å². The monoisotopic (exact) mass is 342 g/mol. The third kappa shape index (κ3) is 4.35.